The Morgan fingerprint density at radius 2 is 1.67 bits per heavy atom. The molecule has 2 rings (SSSR count). The molecule has 11 nitrogen and oxygen atoms in total. The van der Waals surface area contributed by atoms with Gasteiger partial charge in [0.2, 0.25) is 0 Å². The number of pyridine rings is 1. The summed E-state index contributed by atoms with van der Waals surface area (Å²) in [4.78, 5) is 48.9. The average Bonchev–Trinajstić information content (AvgIpc) is 2.83. The molecule has 1 aromatic carbocycles. The van der Waals surface area contributed by atoms with E-state index in [1.807, 2.05) is 0 Å². The third-order valence-corrected chi connectivity index (χ3v) is 4.66. The molecule has 0 spiro atoms. The van der Waals surface area contributed by atoms with Crippen LogP contribution >= 0.6 is 11.6 Å². The van der Waals surface area contributed by atoms with E-state index in [0.29, 0.717) is 52.8 Å². The monoisotopic (exact) mass is 522 g/mol. The summed E-state index contributed by atoms with van der Waals surface area (Å²) >= 11 is 6.39. The molecule has 0 radical (unpaired) electrons. The normalized spacial score (nSPS) is 10.4. The van der Waals surface area contributed by atoms with Gasteiger partial charge in [-0.1, -0.05) is 29.8 Å². The smallest absolute Gasteiger partial charge is 0.340 e. The Hall–Kier alpha value is -3.80. The van der Waals surface area contributed by atoms with Crippen LogP contribution in [0.2, 0.25) is 5.02 Å². The second-order valence-electron chi connectivity index (χ2n) is 6.81. The van der Waals surface area contributed by atoms with Crippen LogP contribution in [0.25, 0.3) is 11.1 Å². The first-order chi connectivity index (χ1) is 17.1. The summed E-state index contributed by atoms with van der Waals surface area (Å²) in [5, 5.41) is 16.0. The molecule has 2 aromatic rings. The van der Waals surface area contributed by atoms with E-state index in [9.17, 15) is 19.2 Å². The Labute approximate surface area is 212 Å². The van der Waals surface area contributed by atoms with Gasteiger partial charge in [0.15, 0.2) is 0 Å². The van der Waals surface area contributed by atoms with Crippen molar-refractivity contribution in [3.05, 3.63) is 64.0 Å². The number of halogens is 1. The molecular weight excluding hydrogens is 496 g/mol. The number of hydrogen-bond donors (Lipinski definition) is 3. The number of esters is 2. The zero-order valence-corrected chi connectivity index (χ0v) is 20.7. The molecule has 0 aliphatic rings. The number of aliphatic carboxylic acids is 2. The fourth-order valence-electron chi connectivity index (χ4n) is 2.97. The Morgan fingerprint density at radius 3 is 2.17 bits per heavy atom. The van der Waals surface area contributed by atoms with Crippen LogP contribution in [-0.4, -0.2) is 65.9 Å². The van der Waals surface area contributed by atoms with Gasteiger partial charge in [-0.2, -0.15) is 0 Å². The summed E-state index contributed by atoms with van der Waals surface area (Å²) in [5.41, 5.74) is 7.29. The van der Waals surface area contributed by atoms with Gasteiger partial charge in [0.1, 0.15) is 0 Å². The number of benzene rings is 1. The summed E-state index contributed by atoms with van der Waals surface area (Å²) in [5.74, 6) is -3.76. The molecule has 0 unspecified atom stereocenters. The summed E-state index contributed by atoms with van der Waals surface area (Å²) in [7, 11) is 1.26. The van der Waals surface area contributed by atoms with E-state index in [0.717, 1.165) is 0 Å². The summed E-state index contributed by atoms with van der Waals surface area (Å²) in [6.07, 6.45) is 1.12. The minimum Gasteiger partial charge on any atom is -0.478 e. The summed E-state index contributed by atoms with van der Waals surface area (Å²) < 4.78 is 15.7. The molecule has 1 heterocycles. The SMILES string of the molecule is CCOC(=O)c1c(COCCN)nc(C)c(C(=O)OC)c1-c1ccccc1Cl.O=C(O)C=CC(=O)O. The van der Waals surface area contributed by atoms with Gasteiger partial charge >= 0.3 is 23.9 Å². The lowest BCUT2D eigenvalue weighted by Gasteiger charge is -2.19. The second-order valence-corrected chi connectivity index (χ2v) is 7.22. The third-order valence-electron chi connectivity index (χ3n) is 4.33. The van der Waals surface area contributed by atoms with E-state index in [2.05, 4.69) is 4.98 Å². The van der Waals surface area contributed by atoms with Crippen molar-refractivity contribution >= 4 is 35.5 Å². The highest BCUT2D eigenvalue weighted by atomic mass is 35.5. The van der Waals surface area contributed by atoms with E-state index < -0.39 is 23.9 Å². The highest BCUT2D eigenvalue weighted by Gasteiger charge is 2.29. The fourth-order valence-corrected chi connectivity index (χ4v) is 3.20. The number of carbonyl (C=O) groups is 4. The van der Waals surface area contributed by atoms with Crippen LogP contribution in [0.5, 0.6) is 0 Å². The number of carboxylic acid groups (broad SMARTS) is 2. The zero-order chi connectivity index (χ0) is 27.3. The molecule has 0 atom stereocenters. The molecule has 0 bridgehead atoms. The number of rotatable bonds is 10. The lowest BCUT2D eigenvalue weighted by atomic mass is 9.92. The number of carboxylic acids is 2. The molecule has 0 saturated heterocycles. The predicted octanol–water partition coefficient (Wildman–Crippen LogP) is 2.86. The van der Waals surface area contributed by atoms with Gasteiger partial charge in [0.05, 0.1) is 49.4 Å². The van der Waals surface area contributed by atoms with Crippen LogP contribution in [0, 0.1) is 6.92 Å². The van der Waals surface area contributed by atoms with Crippen LogP contribution in [0.15, 0.2) is 36.4 Å². The quantitative estimate of drug-likeness (QED) is 0.237. The zero-order valence-electron chi connectivity index (χ0n) is 19.9. The molecule has 0 amide bonds. The molecule has 1 aromatic heterocycles. The van der Waals surface area contributed by atoms with Crippen LogP contribution in [0.1, 0.15) is 39.0 Å². The largest absolute Gasteiger partial charge is 0.478 e. The maximum Gasteiger partial charge on any atom is 0.340 e. The van der Waals surface area contributed by atoms with E-state index >= 15 is 0 Å². The third kappa shape index (κ3) is 8.77. The van der Waals surface area contributed by atoms with Crippen molar-refractivity contribution in [3.8, 4) is 11.1 Å². The van der Waals surface area contributed by atoms with Crippen LogP contribution < -0.4 is 5.73 Å². The minimum atomic E-state index is -1.26. The lowest BCUT2D eigenvalue weighted by Crippen LogP contribution is -2.19. The van der Waals surface area contributed by atoms with Gasteiger partial charge in [0, 0.05) is 34.8 Å². The highest BCUT2D eigenvalue weighted by Crippen LogP contribution is 2.36. The maximum absolute atomic E-state index is 12.8. The van der Waals surface area contributed by atoms with Crippen molar-refractivity contribution in [3.63, 3.8) is 0 Å². The number of nitrogens with two attached hydrogens (primary N) is 1. The first-order valence-electron chi connectivity index (χ1n) is 10.5. The number of hydrogen-bond acceptors (Lipinski definition) is 9. The number of ether oxygens (including phenoxy) is 3. The van der Waals surface area contributed by atoms with Crippen molar-refractivity contribution in [2.75, 3.05) is 26.9 Å². The van der Waals surface area contributed by atoms with Crippen molar-refractivity contribution in [2.24, 2.45) is 5.73 Å². The van der Waals surface area contributed by atoms with E-state index in [4.69, 9.17) is 41.8 Å². The average molecular weight is 523 g/mol. The van der Waals surface area contributed by atoms with Crippen molar-refractivity contribution in [2.45, 2.75) is 20.5 Å². The number of methoxy groups -OCH3 is 1. The van der Waals surface area contributed by atoms with E-state index in [1.54, 1.807) is 38.1 Å². The van der Waals surface area contributed by atoms with Gasteiger partial charge in [0.25, 0.3) is 0 Å². The minimum absolute atomic E-state index is 0.0328. The summed E-state index contributed by atoms with van der Waals surface area (Å²) in [6, 6.07) is 6.91. The molecule has 194 valence electrons. The van der Waals surface area contributed by atoms with Crippen LogP contribution in [0.3, 0.4) is 0 Å². The van der Waals surface area contributed by atoms with Gasteiger partial charge in [-0.15, -0.1) is 0 Å². The maximum atomic E-state index is 12.8. The van der Waals surface area contributed by atoms with Gasteiger partial charge in [-0.05, 0) is 19.9 Å². The standard InChI is InChI=1S/C20H23ClN2O5.C4H4O4/c1-4-28-20(25)18-15(11-27-10-9-22)23-12(2)16(19(24)26-3)17(18)13-7-5-6-8-14(13)21;5-3(6)1-2-4(7)8/h5-8H,4,9-11,22H2,1-3H3;1-2H,(H,5,6)(H,7,8). The second kappa shape index (κ2) is 15.2. The Kier molecular flexibility index (Phi) is 12.8. The highest BCUT2D eigenvalue weighted by molar-refractivity contribution is 6.34. The molecule has 4 N–H and O–H groups in total. The van der Waals surface area contributed by atoms with Crippen molar-refractivity contribution < 1.29 is 43.6 Å². The molecule has 0 saturated carbocycles. The fraction of sp³-hybridized carbons (Fsp3) is 0.292. The van der Waals surface area contributed by atoms with Gasteiger partial charge in [-0.3, -0.25) is 4.98 Å². The van der Waals surface area contributed by atoms with Crippen LogP contribution in [-0.2, 0) is 30.4 Å². The van der Waals surface area contributed by atoms with Crippen LogP contribution in [0.4, 0.5) is 0 Å². The van der Waals surface area contributed by atoms with Crippen molar-refractivity contribution in [1.82, 2.24) is 4.98 Å². The Bertz CT molecular complexity index is 1120. The summed E-state index contributed by atoms with van der Waals surface area (Å²) in [6.45, 7) is 4.17. The molecule has 0 aliphatic carbocycles. The molecule has 12 heteroatoms. The van der Waals surface area contributed by atoms with Gasteiger partial charge in [-0.25, -0.2) is 19.2 Å². The lowest BCUT2D eigenvalue weighted by molar-refractivity contribution is -0.134. The predicted molar refractivity (Wildman–Crippen MR) is 130 cm³/mol. The van der Waals surface area contributed by atoms with Gasteiger partial charge < -0.3 is 30.2 Å². The molecule has 0 fully saturated rings. The molecule has 0 aliphatic heterocycles. The van der Waals surface area contributed by atoms with Crippen molar-refractivity contribution in [1.29, 1.82) is 0 Å². The Morgan fingerprint density at radius 1 is 1.06 bits per heavy atom. The number of carbonyl (C=O) groups excluding carboxylic acids is 2. The number of aryl methyl sites for hydroxylation is 1. The Balaban J connectivity index is 0.000000697. The topological polar surface area (TPSA) is 175 Å². The molecular formula is C24H27ClN2O9. The van der Waals surface area contributed by atoms with E-state index in [-0.39, 0.29) is 24.3 Å². The first kappa shape index (κ1) is 30.2. The number of nitrogens with zero attached hydrogens (tertiary/aromatic N) is 1. The van der Waals surface area contributed by atoms with E-state index in [1.165, 1.54) is 7.11 Å². The molecule has 36 heavy (non-hydrogen) atoms. The first-order valence-corrected chi connectivity index (χ1v) is 10.9. The number of aromatic nitrogens is 1.